The third kappa shape index (κ3) is 3.49. The first-order chi connectivity index (χ1) is 18.3. The number of aromatic nitrogens is 1. The van der Waals surface area contributed by atoms with Crippen molar-refractivity contribution in [1.82, 2.24) is 4.57 Å². The number of fused-ring (bicyclic) bond motifs is 4. The molecule has 0 amide bonds. The van der Waals surface area contributed by atoms with Gasteiger partial charge in [0.1, 0.15) is 0 Å². The van der Waals surface area contributed by atoms with E-state index in [-0.39, 0.29) is 0 Å². The third-order valence-corrected chi connectivity index (χ3v) is 7.42. The summed E-state index contributed by atoms with van der Waals surface area (Å²) in [5, 5.41) is 5.03. The highest BCUT2D eigenvalue weighted by molar-refractivity contribution is 6.11. The first-order valence-corrected chi connectivity index (χ1v) is 12.7. The average Bonchev–Trinajstić information content (AvgIpc) is 3.31. The first-order valence-electron chi connectivity index (χ1n) is 12.7. The maximum atomic E-state index is 2.41. The molecule has 0 aliphatic rings. The smallest absolute Gasteiger partial charge is 0.0541 e. The predicted molar refractivity (Wildman–Crippen MR) is 158 cm³/mol. The number of para-hydroxylation sites is 2. The molecule has 0 saturated carbocycles. The zero-order valence-corrected chi connectivity index (χ0v) is 20.7. The molecule has 7 aromatic rings. The van der Waals surface area contributed by atoms with Crippen molar-refractivity contribution in [3.8, 4) is 16.8 Å². The van der Waals surface area contributed by atoms with Gasteiger partial charge in [0.15, 0.2) is 0 Å². The number of rotatable bonds is 4. The fourth-order valence-corrected chi connectivity index (χ4v) is 5.59. The van der Waals surface area contributed by atoms with E-state index in [1.54, 1.807) is 0 Å². The number of nitrogens with zero attached hydrogens (tertiary/aromatic N) is 2. The Morgan fingerprint density at radius 2 is 0.973 bits per heavy atom. The lowest BCUT2D eigenvalue weighted by atomic mass is 10.0. The Bertz CT molecular complexity index is 1830. The topological polar surface area (TPSA) is 8.17 Å². The molecule has 0 unspecified atom stereocenters. The quantitative estimate of drug-likeness (QED) is 0.247. The van der Waals surface area contributed by atoms with Crippen LogP contribution in [-0.2, 0) is 0 Å². The van der Waals surface area contributed by atoms with Gasteiger partial charge in [-0.15, -0.1) is 0 Å². The van der Waals surface area contributed by atoms with Crippen molar-refractivity contribution in [2.24, 2.45) is 0 Å². The average molecular weight is 475 g/mol. The van der Waals surface area contributed by atoms with Crippen LogP contribution in [-0.4, -0.2) is 11.6 Å². The summed E-state index contributed by atoms with van der Waals surface area (Å²) in [6, 6.07) is 50.0. The van der Waals surface area contributed by atoms with Crippen molar-refractivity contribution in [1.29, 1.82) is 0 Å². The van der Waals surface area contributed by atoms with Crippen LogP contribution >= 0.6 is 0 Å². The van der Waals surface area contributed by atoms with Gasteiger partial charge in [-0.1, -0.05) is 103 Å². The number of benzene rings is 6. The van der Waals surface area contributed by atoms with Crippen molar-refractivity contribution in [2.45, 2.75) is 0 Å². The second-order valence-electron chi connectivity index (χ2n) is 9.49. The molecule has 2 heteroatoms. The second-order valence-corrected chi connectivity index (χ2v) is 9.49. The molecule has 0 atom stereocenters. The SMILES string of the molecule is CN(c1ccc(-c2ccccc2)cc1)c1cccc2c(-n3c4ccccc4c4ccccc43)cccc12. The van der Waals surface area contributed by atoms with Gasteiger partial charge in [-0.2, -0.15) is 0 Å². The first kappa shape index (κ1) is 21.5. The summed E-state index contributed by atoms with van der Waals surface area (Å²) in [5.41, 5.74) is 8.46. The van der Waals surface area contributed by atoms with E-state index in [9.17, 15) is 0 Å². The van der Waals surface area contributed by atoms with Gasteiger partial charge >= 0.3 is 0 Å². The van der Waals surface area contributed by atoms with Crippen molar-refractivity contribution in [3.63, 3.8) is 0 Å². The van der Waals surface area contributed by atoms with Gasteiger partial charge in [0, 0.05) is 40.0 Å². The molecule has 1 aromatic heterocycles. The summed E-state index contributed by atoms with van der Waals surface area (Å²) in [5.74, 6) is 0. The summed E-state index contributed by atoms with van der Waals surface area (Å²) in [6.07, 6.45) is 0. The van der Waals surface area contributed by atoms with Gasteiger partial charge in [0.25, 0.3) is 0 Å². The molecular formula is C35H26N2. The number of hydrogen-bond acceptors (Lipinski definition) is 1. The molecule has 2 nitrogen and oxygen atoms in total. The Morgan fingerprint density at radius 1 is 0.432 bits per heavy atom. The molecule has 37 heavy (non-hydrogen) atoms. The molecule has 7 rings (SSSR count). The Kier molecular flexibility index (Phi) is 5.04. The van der Waals surface area contributed by atoms with Crippen molar-refractivity contribution in [3.05, 3.63) is 140 Å². The van der Waals surface area contributed by atoms with Gasteiger partial charge in [0.05, 0.1) is 16.7 Å². The van der Waals surface area contributed by atoms with Gasteiger partial charge in [0.2, 0.25) is 0 Å². The molecule has 0 aliphatic carbocycles. The third-order valence-electron chi connectivity index (χ3n) is 7.42. The lowest BCUT2D eigenvalue weighted by Gasteiger charge is -2.23. The van der Waals surface area contributed by atoms with E-state index in [0.29, 0.717) is 0 Å². The molecular weight excluding hydrogens is 448 g/mol. The molecule has 0 bridgehead atoms. The highest BCUT2D eigenvalue weighted by atomic mass is 15.1. The van der Waals surface area contributed by atoms with Crippen LogP contribution in [0.3, 0.4) is 0 Å². The normalized spacial score (nSPS) is 11.4. The second kappa shape index (κ2) is 8.69. The molecule has 0 fully saturated rings. The van der Waals surface area contributed by atoms with Crippen LogP contribution in [0.5, 0.6) is 0 Å². The molecule has 0 saturated heterocycles. The van der Waals surface area contributed by atoms with E-state index in [0.717, 1.165) is 5.69 Å². The van der Waals surface area contributed by atoms with Crippen LogP contribution < -0.4 is 4.90 Å². The van der Waals surface area contributed by atoms with Gasteiger partial charge in [-0.25, -0.2) is 0 Å². The van der Waals surface area contributed by atoms with E-state index >= 15 is 0 Å². The molecule has 1 heterocycles. The fourth-order valence-electron chi connectivity index (χ4n) is 5.59. The summed E-state index contributed by atoms with van der Waals surface area (Å²) in [6.45, 7) is 0. The fraction of sp³-hybridized carbons (Fsp3) is 0.0286. The number of hydrogen-bond donors (Lipinski definition) is 0. The summed E-state index contributed by atoms with van der Waals surface area (Å²) in [7, 11) is 2.15. The minimum Gasteiger partial charge on any atom is -0.344 e. The predicted octanol–water partition coefficient (Wildman–Crippen LogP) is 9.37. The lowest BCUT2D eigenvalue weighted by Crippen LogP contribution is -2.10. The largest absolute Gasteiger partial charge is 0.344 e. The molecule has 176 valence electrons. The molecule has 0 radical (unpaired) electrons. The molecule has 6 aromatic carbocycles. The van der Waals surface area contributed by atoms with Crippen LogP contribution in [0.1, 0.15) is 0 Å². The minimum absolute atomic E-state index is 1.16. The molecule has 0 aliphatic heterocycles. The van der Waals surface area contributed by atoms with Crippen LogP contribution in [0.15, 0.2) is 140 Å². The molecule has 0 N–H and O–H groups in total. The van der Waals surface area contributed by atoms with Crippen molar-refractivity contribution >= 4 is 44.0 Å². The zero-order valence-electron chi connectivity index (χ0n) is 20.7. The Morgan fingerprint density at radius 3 is 1.68 bits per heavy atom. The number of anilines is 2. The molecule has 0 spiro atoms. The van der Waals surface area contributed by atoms with Crippen molar-refractivity contribution in [2.75, 3.05) is 11.9 Å². The minimum atomic E-state index is 1.16. The highest BCUT2D eigenvalue weighted by Gasteiger charge is 2.15. The monoisotopic (exact) mass is 474 g/mol. The maximum absolute atomic E-state index is 2.41. The Hall–Kier alpha value is -4.82. The van der Waals surface area contributed by atoms with Gasteiger partial charge < -0.3 is 9.47 Å². The summed E-state index contributed by atoms with van der Waals surface area (Å²) < 4.78 is 2.41. The van der Waals surface area contributed by atoms with Crippen LogP contribution in [0, 0.1) is 0 Å². The Labute approximate surface area is 216 Å². The van der Waals surface area contributed by atoms with E-state index < -0.39 is 0 Å². The Balaban J connectivity index is 1.37. The van der Waals surface area contributed by atoms with Crippen molar-refractivity contribution < 1.29 is 0 Å². The van der Waals surface area contributed by atoms with E-state index in [4.69, 9.17) is 0 Å². The summed E-state index contributed by atoms with van der Waals surface area (Å²) >= 11 is 0. The van der Waals surface area contributed by atoms with Gasteiger partial charge in [-0.3, -0.25) is 0 Å². The highest BCUT2D eigenvalue weighted by Crippen LogP contribution is 2.38. The van der Waals surface area contributed by atoms with Gasteiger partial charge in [-0.05, 0) is 47.5 Å². The zero-order chi connectivity index (χ0) is 24.8. The summed E-state index contributed by atoms with van der Waals surface area (Å²) in [4.78, 5) is 2.28. The van der Waals surface area contributed by atoms with Crippen LogP contribution in [0.25, 0.3) is 49.4 Å². The maximum Gasteiger partial charge on any atom is 0.0541 e. The standard InChI is InChI=1S/C35H26N2/c1-36(27-23-21-26(22-24-27)25-11-3-2-4-12-25)32-19-9-16-31-28(32)15-10-20-35(31)37-33-17-7-5-13-29(33)30-14-6-8-18-34(30)37/h2-24H,1H3. The van der Waals surface area contributed by atoms with Crippen LogP contribution in [0.2, 0.25) is 0 Å². The van der Waals surface area contributed by atoms with Crippen LogP contribution in [0.4, 0.5) is 11.4 Å². The van der Waals surface area contributed by atoms with E-state index in [2.05, 4.69) is 156 Å². The van der Waals surface area contributed by atoms with E-state index in [1.165, 1.54) is 55.1 Å². The lowest BCUT2D eigenvalue weighted by molar-refractivity contribution is 1.19. The van der Waals surface area contributed by atoms with E-state index in [1.807, 2.05) is 0 Å².